The summed E-state index contributed by atoms with van der Waals surface area (Å²) in [7, 11) is 0. The average Bonchev–Trinajstić information content (AvgIpc) is 2.01. The fourth-order valence-corrected chi connectivity index (χ4v) is 2.40. The molecule has 0 radical (unpaired) electrons. The molecule has 1 aliphatic rings. The molecule has 3 heteroatoms. The van der Waals surface area contributed by atoms with E-state index < -0.39 is 6.09 Å². The zero-order valence-corrected chi connectivity index (χ0v) is 9.32. The summed E-state index contributed by atoms with van der Waals surface area (Å²) in [6.45, 7) is 6.56. The van der Waals surface area contributed by atoms with Gasteiger partial charge < -0.3 is 10.5 Å². The summed E-state index contributed by atoms with van der Waals surface area (Å²) in [4.78, 5) is 10.7. The molecule has 1 aliphatic carbocycles. The minimum absolute atomic E-state index is 0.0382. The van der Waals surface area contributed by atoms with Crippen molar-refractivity contribution in [2.75, 3.05) is 0 Å². The number of ether oxygens (including phenoxy) is 1. The van der Waals surface area contributed by atoms with Gasteiger partial charge in [-0.05, 0) is 30.6 Å². The first kappa shape index (κ1) is 11.3. The summed E-state index contributed by atoms with van der Waals surface area (Å²) in [6, 6.07) is 0. The Labute approximate surface area is 86.0 Å². The Hall–Kier alpha value is -0.730. The van der Waals surface area contributed by atoms with Gasteiger partial charge in [0.15, 0.2) is 0 Å². The molecule has 1 amide bonds. The molecule has 82 valence electrons. The van der Waals surface area contributed by atoms with E-state index in [4.69, 9.17) is 10.5 Å². The summed E-state index contributed by atoms with van der Waals surface area (Å²) < 4.78 is 5.17. The van der Waals surface area contributed by atoms with Gasteiger partial charge in [0.05, 0.1) is 0 Å². The zero-order chi connectivity index (χ0) is 10.7. The van der Waals surface area contributed by atoms with Gasteiger partial charge in [-0.25, -0.2) is 4.79 Å². The van der Waals surface area contributed by atoms with Crippen molar-refractivity contribution in [1.29, 1.82) is 0 Å². The highest BCUT2D eigenvalue weighted by molar-refractivity contribution is 5.64. The van der Waals surface area contributed by atoms with Gasteiger partial charge in [-0.2, -0.15) is 0 Å². The Morgan fingerprint density at radius 2 is 2.07 bits per heavy atom. The van der Waals surface area contributed by atoms with Crippen LogP contribution in [0.1, 0.15) is 40.0 Å². The van der Waals surface area contributed by atoms with E-state index in [1.807, 2.05) is 0 Å². The second-order valence-corrected chi connectivity index (χ2v) is 4.80. The highest BCUT2D eigenvalue weighted by Crippen LogP contribution is 2.35. The molecular weight excluding hydrogens is 178 g/mol. The predicted molar refractivity (Wildman–Crippen MR) is 55.8 cm³/mol. The zero-order valence-electron chi connectivity index (χ0n) is 9.32. The van der Waals surface area contributed by atoms with Gasteiger partial charge in [0.25, 0.3) is 0 Å². The van der Waals surface area contributed by atoms with Crippen LogP contribution in [0.3, 0.4) is 0 Å². The quantitative estimate of drug-likeness (QED) is 0.743. The van der Waals surface area contributed by atoms with Crippen molar-refractivity contribution in [2.24, 2.45) is 23.5 Å². The van der Waals surface area contributed by atoms with Crippen LogP contribution in [-0.2, 0) is 4.74 Å². The van der Waals surface area contributed by atoms with Crippen LogP contribution < -0.4 is 5.73 Å². The van der Waals surface area contributed by atoms with Gasteiger partial charge in [-0.1, -0.05) is 27.2 Å². The van der Waals surface area contributed by atoms with E-state index in [0.29, 0.717) is 17.8 Å². The van der Waals surface area contributed by atoms with Crippen molar-refractivity contribution < 1.29 is 9.53 Å². The van der Waals surface area contributed by atoms with E-state index in [0.717, 1.165) is 12.8 Å². The number of carbonyl (C=O) groups excluding carboxylic acids is 1. The largest absolute Gasteiger partial charge is 0.446 e. The van der Waals surface area contributed by atoms with E-state index in [1.165, 1.54) is 6.42 Å². The van der Waals surface area contributed by atoms with Crippen LogP contribution in [0, 0.1) is 17.8 Å². The summed E-state index contributed by atoms with van der Waals surface area (Å²) in [5.74, 6) is 1.69. The standard InChI is InChI=1S/C11H21NO2/c1-7(2)9-5-4-8(3)6-10(9)14-11(12)13/h7-10H,4-6H2,1-3H3,(H2,12,13)/t8-,9?,10?/m1/s1. The highest BCUT2D eigenvalue weighted by atomic mass is 16.6. The van der Waals surface area contributed by atoms with Crippen LogP contribution in [0.25, 0.3) is 0 Å². The number of nitrogens with two attached hydrogens (primary N) is 1. The maximum Gasteiger partial charge on any atom is 0.404 e. The van der Waals surface area contributed by atoms with Crippen LogP contribution in [0.15, 0.2) is 0 Å². The molecule has 0 aromatic rings. The van der Waals surface area contributed by atoms with Crippen molar-refractivity contribution in [3.05, 3.63) is 0 Å². The first-order chi connectivity index (χ1) is 6.50. The fourth-order valence-electron chi connectivity index (χ4n) is 2.40. The third-order valence-corrected chi connectivity index (χ3v) is 3.23. The lowest BCUT2D eigenvalue weighted by molar-refractivity contribution is 0.0105. The Kier molecular flexibility index (Phi) is 3.78. The van der Waals surface area contributed by atoms with Crippen molar-refractivity contribution in [2.45, 2.75) is 46.1 Å². The van der Waals surface area contributed by atoms with Gasteiger partial charge in [0.2, 0.25) is 0 Å². The highest BCUT2D eigenvalue weighted by Gasteiger charge is 2.32. The average molecular weight is 199 g/mol. The molecule has 1 rings (SSSR count). The summed E-state index contributed by atoms with van der Waals surface area (Å²) in [5, 5.41) is 0. The molecule has 0 spiro atoms. The predicted octanol–water partition coefficient (Wildman–Crippen LogP) is 2.54. The number of primary amides is 1. The third-order valence-electron chi connectivity index (χ3n) is 3.23. The van der Waals surface area contributed by atoms with E-state index in [1.54, 1.807) is 0 Å². The van der Waals surface area contributed by atoms with Crippen LogP contribution in [0.2, 0.25) is 0 Å². The van der Waals surface area contributed by atoms with Crippen molar-refractivity contribution >= 4 is 6.09 Å². The maximum absolute atomic E-state index is 10.7. The topological polar surface area (TPSA) is 52.3 Å². The van der Waals surface area contributed by atoms with Crippen LogP contribution in [-0.4, -0.2) is 12.2 Å². The van der Waals surface area contributed by atoms with Gasteiger partial charge in [-0.3, -0.25) is 0 Å². The number of rotatable bonds is 2. The van der Waals surface area contributed by atoms with Crippen molar-refractivity contribution in [3.63, 3.8) is 0 Å². The molecule has 2 unspecified atom stereocenters. The molecule has 1 fully saturated rings. The molecule has 3 nitrogen and oxygen atoms in total. The van der Waals surface area contributed by atoms with E-state index in [-0.39, 0.29) is 6.10 Å². The number of carbonyl (C=O) groups is 1. The molecule has 0 aromatic heterocycles. The van der Waals surface area contributed by atoms with Crippen LogP contribution >= 0.6 is 0 Å². The molecular formula is C11H21NO2. The Morgan fingerprint density at radius 1 is 1.43 bits per heavy atom. The lowest BCUT2D eigenvalue weighted by Gasteiger charge is -2.36. The molecule has 3 atom stereocenters. The molecule has 0 heterocycles. The SMILES string of the molecule is CC(C)C1CC[C@@H](C)CC1OC(N)=O. The monoisotopic (exact) mass is 199 g/mol. The molecule has 2 N–H and O–H groups in total. The van der Waals surface area contributed by atoms with Crippen molar-refractivity contribution in [3.8, 4) is 0 Å². The summed E-state index contributed by atoms with van der Waals surface area (Å²) >= 11 is 0. The Balaban J connectivity index is 2.58. The number of hydrogen-bond acceptors (Lipinski definition) is 2. The summed E-state index contributed by atoms with van der Waals surface area (Å²) in [6.07, 6.45) is 2.76. The normalized spacial score (nSPS) is 33.0. The molecule has 0 saturated heterocycles. The van der Waals surface area contributed by atoms with Crippen LogP contribution in [0.4, 0.5) is 4.79 Å². The van der Waals surface area contributed by atoms with Gasteiger partial charge in [-0.15, -0.1) is 0 Å². The van der Waals surface area contributed by atoms with E-state index in [2.05, 4.69) is 20.8 Å². The second kappa shape index (κ2) is 4.67. The Bertz CT molecular complexity index is 203. The minimum atomic E-state index is -0.630. The number of hydrogen-bond donors (Lipinski definition) is 1. The van der Waals surface area contributed by atoms with Crippen molar-refractivity contribution in [1.82, 2.24) is 0 Å². The van der Waals surface area contributed by atoms with Gasteiger partial charge in [0, 0.05) is 0 Å². The lowest BCUT2D eigenvalue weighted by atomic mass is 9.75. The molecule has 0 aromatic carbocycles. The second-order valence-electron chi connectivity index (χ2n) is 4.80. The minimum Gasteiger partial charge on any atom is -0.446 e. The number of amides is 1. The molecule has 0 aliphatic heterocycles. The first-order valence-corrected chi connectivity index (χ1v) is 5.46. The van der Waals surface area contributed by atoms with Gasteiger partial charge in [0.1, 0.15) is 6.10 Å². The Morgan fingerprint density at radius 3 is 2.57 bits per heavy atom. The third kappa shape index (κ3) is 2.89. The first-order valence-electron chi connectivity index (χ1n) is 5.46. The molecule has 1 saturated carbocycles. The molecule has 0 bridgehead atoms. The lowest BCUT2D eigenvalue weighted by Crippen LogP contribution is -2.37. The van der Waals surface area contributed by atoms with E-state index >= 15 is 0 Å². The van der Waals surface area contributed by atoms with Crippen LogP contribution in [0.5, 0.6) is 0 Å². The van der Waals surface area contributed by atoms with Gasteiger partial charge >= 0.3 is 6.09 Å². The smallest absolute Gasteiger partial charge is 0.404 e. The molecule has 14 heavy (non-hydrogen) atoms. The fraction of sp³-hybridized carbons (Fsp3) is 0.909. The van der Waals surface area contributed by atoms with E-state index in [9.17, 15) is 4.79 Å². The summed E-state index contributed by atoms with van der Waals surface area (Å²) in [5.41, 5.74) is 5.07. The maximum atomic E-state index is 10.7.